The molecule has 0 fully saturated rings. The molecule has 3 aromatic rings. The molecule has 0 aliphatic heterocycles. The summed E-state index contributed by atoms with van der Waals surface area (Å²) < 4.78 is 6.35. The van der Waals surface area contributed by atoms with Crippen LogP contribution in [0, 0.1) is 5.41 Å². The van der Waals surface area contributed by atoms with Gasteiger partial charge in [-0.2, -0.15) is 0 Å². The van der Waals surface area contributed by atoms with Crippen LogP contribution in [0.25, 0.3) is 11.3 Å². The van der Waals surface area contributed by atoms with Gasteiger partial charge in [-0.25, -0.2) is 9.78 Å². The summed E-state index contributed by atoms with van der Waals surface area (Å²) in [5.74, 6) is -0.898. The van der Waals surface area contributed by atoms with Gasteiger partial charge in [-0.15, -0.1) is 0 Å². The van der Waals surface area contributed by atoms with Gasteiger partial charge in [0.2, 0.25) is 5.91 Å². The molecule has 42 heavy (non-hydrogen) atoms. The fourth-order valence-corrected chi connectivity index (χ4v) is 3.50. The molecule has 0 aliphatic rings. The standard InChI is InChI=1S/C25H29N7O4.2C2H6.CH2O/c1-3-29-23-24(34)32(14-21(33)30-12-15-5-7-16(8-6-15)22(27)28)20(13-31-23)17-9-18(11-19(26)10-17)25(35)36-4-2;3*1-2/h5-11,13H,3-4,12,14,26H2,1-2H3,(H3,27,28)(H,29,31)(H,30,33);2*1-2H3;1H2. The van der Waals surface area contributed by atoms with Crippen molar-refractivity contribution in [3.05, 3.63) is 75.7 Å². The van der Waals surface area contributed by atoms with E-state index in [2.05, 4.69) is 15.6 Å². The second kappa shape index (κ2) is 20.0. The zero-order chi connectivity index (χ0) is 32.2. The summed E-state index contributed by atoms with van der Waals surface area (Å²) in [7, 11) is 0. The van der Waals surface area contributed by atoms with E-state index < -0.39 is 17.4 Å². The molecule has 12 heteroatoms. The molecule has 0 atom stereocenters. The van der Waals surface area contributed by atoms with Crippen LogP contribution in [0.4, 0.5) is 11.5 Å². The van der Waals surface area contributed by atoms with Crippen molar-refractivity contribution in [1.29, 1.82) is 5.41 Å². The van der Waals surface area contributed by atoms with Crippen LogP contribution in [0.15, 0.2) is 53.5 Å². The van der Waals surface area contributed by atoms with E-state index in [-0.39, 0.29) is 36.9 Å². The fraction of sp³-hybridized carbons (Fsp3) is 0.333. The third-order valence-electron chi connectivity index (χ3n) is 5.22. The molecular formula is C30H43N7O5. The molecule has 12 nitrogen and oxygen atoms in total. The molecule has 3 rings (SSSR count). The maximum absolute atomic E-state index is 13.2. The van der Waals surface area contributed by atoms with Gasteiger partial charge in [0.1, 0.15) is 19.2 Å². The number of hydrogen-bond acceptors (Lipinski definition) is 9. The summed E-state index contributed by atoms with van der Waals surface area (Å²) in [4.78, 5) is 50.5. The number of esters is 1. The van der Waals surface area contributed by atoms with E-state index in [0.29, 0.717) is 29.1 Å². The molecular weight excluding hydrogens is 538 g/mol. The van der Waals surface area contributed by atoms with E-state index in [1.54, 1.807) is 43.3 Å². The number of amides is 1. The van der Waals surface area contributed by atoms with Crippen molar-refractivity contribution in [2.75, 3.05) is 24.2 Å². The van der Waals surface area contributed by atoms with Crippen molar-refractivity contribution in [3.63, 3.8) is 0 Å². The summed E-state index contributed by atoms with van der Waals surface area (Å²) in [6.45, 7) is 14.1. The van der Waals surface area contributed by atoms with Crippen molar-refractivity contribution in [2.45, 2.75) is 54.6 Å². The third kappa shape index (κ3) is 10.9. The number of ether oxygens (including phenoxy) is 1. The zero-order valence-electron chi connectivity index (χ0n) is 25.2. The smallest absolute Gasteiger partial charge is 0.338 e. The second-order valence-corrected chi connectivity index (χ2v) is 7.87. The van der Waals surface area contributed by atoms with Gasteiger partial charge in [-0.1, -0.05) is 52.0 Å². The number of nitrogen functional groups attached to an aromatic ring is 2. The number of carbonyl (C=O) groups excluding carboxylic acids is 3. The Hall–Kier alpha value is -5.00. The second-order valence-electron chi connectivity index (χ2n) is 7.87. The Balaban J connectivity index is 0.00000263. The van der Waals surface area contributed by atoms with Gasteiger partial charge < -0.3 is 31.6 Å². The molecule has 0 spiro atoms. The van der Waals surface area contributed by atoms with Gasteiger partial charge in [0.25, 0.3) is 5.56 Å². The summed E-state index contributed by atoms with van der Waals surface area (Å²) >= 11 is 0. The molecule has 0 radical (unpaired) electrons. The van der Waals surface area contributed by atoms with E-state index in [0.717, 1.165) is 5.56 Å². The number of nitrogens with one attached hydrogen (secondary N) is 3. The van der Waals surface area contributed by atoms with Gasteiger partial charge >= 0.3 is 5.97 Å². The number of nitrogens with zero attached hydrogens (tertiary/aromatic N) is 2. The van der Waals surface area contributed by atoms with E-state index in [1.165, 1.54) is 16.8 Å². The number of aromatic nitrogens is 2. The summed E-state index contributed by atoms with van der Waals surface area (Å²) in [5, 5.41) is 13.1. The maximum atomic E-state index is 13.2. The summed E-state index contributed by atoms with van der Waals surface area (Å²) in [6, 6.07) is 11.5. The van der Waals surface area contributed by atoms with Crippen molar-refractivity contribution in [2.24, 2.45) is 5.73 Å². The zero-order valence-corrected chi connectivity index (χ0v) is 25.2. The minimum absolute atomic E-state index is 0.0423. The van der Waals surface area contributed by atoms with E-state index in [4.69, 9.17) is 26.4 Å². The third-order valence-corrected chi connectivity index (χ3v) is 5.22. The largest absolute Gasteiger partial charge is 0.462 e. The van der Waals surface area contributed by atoms with Crippen LogP contribution in [0.5, 0.6) is 0 Å². The lowest BCUT2D eigenvalue weighted by Crippen LogP contribution is -2.34. The first-order chi connectivity index (χ1) is 20.2. The molecule has 1 heterocycles. The van der Waals surface area contributed by atoms with Crippen LogP contribution in [-0.2, 0) is 27.4 Å². The molecule has 7 N–H and O–H groups in total. The van der Waals surface area contributed by atoms with Crippen molar-refractivity contribution < 1.29 is 19.1 Å². The molecule has 1 aromatic heterocycles. The van der Waals surface area contributed by atoms with Crippen LogP contribution in [0.3, 0.4) is 0 Å². The SMILES string of the molecule is C=O.CC.CC.CCNc1ncc(-c2cc(N)cc(C(=O)OCC)c2)n(CC(=O)NCc2ccc(C(=N)N)cc2)c1=O. The van der Waals surface area contributed by atoms with Crippen LogP contribution in [0.1, 0.15) is 63.0 Å². The topological polar surface area (TPSA) is 195 Å². The Morgan fingerprint density at radius 1 is 1.02 bits per heavy atom. The predicted molar refractivity (Wildman–Crippen MR) is 168 cm³/mol. The quantitative estimate of drug-likeness (QED) is 0.103. The number of amidine groups is 1. The fourth-order valence-electron chi connectivity index (χ4n) is 3.50. The van der Waals surface area contributed by atoms with Crippen molar-refractivity contribution >= 4 is 36.0 Å². The minimum atomic E-state index is -0.550. The molecule has 228 valence electrons. The van der Waals surface area contributed by atoms with Crippen molar-refractivity contribution in [3.8, 4) is 11.3 Å². The average molecular weight is 582 g/mol. The van der Waals surface area contributed by atoms with E-state index >= 15 is 0 Å². The Labute approximate surface area is 247 Å². The van der Waals surface area contributed by atoms with Crippen molar-refractivity contribution in [1.82, 2.24) is 14.9 Å². The maximum Gasteiger partial charge on any atom is 0.338 e. The summed E-state index contributed by atoms with van der Waals surface area (Å²) in [6.07, 6.45) is 1.46. The first-order valence-corrected chi connectivity index (χ1v) is 13.6. The highest BCUT2D eigenvalue weighted by molar-refractivity contribution is 5.95. The van der Waals surface area contributed by atoms with Gasteiger partial charge in [0.15, 0.2) is 5.82 Å². The Bertz CT molecular complexity index is 1360. The summed E-state index contributed by atoms with van der Waals surface area (Å²) in [5.41, 5.74) is 13.7. The normalized spacial score (nSPS) is 9.38. The Morgan fingerprint density at radius 2 is 1.64 bits per heavy atom. The first kappa shape index (κ1) is 37.0. The van der Waals surface area contributed by atoms with E-state index in [1.807, 2.05) is 41.4 Å². The number of anilines is 2. The highest BCUT2D eigenvalue weighted by Gasteiger charge is 2.17. The monoisotopic (exact) mass is 581 g/mol. The molecule has 0 saturated carbocycles. The van der Waals surface area contributed by atoms with Gasteiger partial charge in [0, 0.05) is 29.9 Å². The lowest BCUT2D eigenvalue weighted by atomic mass is 10.1. The molecule has 0 bridgehead atoms. The number of benzene rings is 2. The van der Waals surface area contributed by atoms with Crippen LogP contribution < -0.4 is 27.7 Å². The number of nitrogens with two attached hydrogens (primary N) is 2. The lowest BCUT2D eigenvalue weighted by Gasteiger charge is -2.16. The average Bonchev–Trinajstić information content (AvgIpc) is 3.01. The molecule has 0 saturated heterocycles. The molecule has 2 aromatic carbocycles. The minimum Gasteiger partial charge on any atom is -0.462 e. The molecule has 1 amide bonds. The lowest BCUT2D eigenvalue weighted by molar-refractivity contribution is -0.121. The Morgan fingerprint density at radius 3 is 2.19 bits per heavy atom. The van der Waals surface area contributed by atoms with E-state index in [9.17, 15) is 14.4 Å². The molecule has 0 unspecified atom stereocenters. The number of hydrogen-bond donors (Lipinski definition) is 5. The predicted octanol–water partition coefficient (Wildman–Crippen LogP) is 3.57. The highest BCUT2D eigenvalue weighted by Crippen LogP contribution is 2.24. The highest BCUT2D eigenvalue weighted by atomic mass is 16.5. The molecule has 0 aliphatic carbocycles. The van der Waals surface area contributed by atoms with Crippen LogP contribution in [-0.4, -0.2) is 47.2 Å². The van der Waals surface area contributed by atoms with Gasteiger partial charge in [0.05, 0.1) is 24.1 Å². The van der Waals surface area contributed by atoms with Gasteiger partial charge in [-0.3, -0.25) is 19.6 Å². The first-order valence-electron chi connectivity index (χ1n) is 13.6. The number of rotatable bonds is 10. The van der Waals surface area contributed by atoms with Crippen LogP contribution in [0.2, 0.25) is 0 Å². The Kier molecular flexibility index (Phi) is 17.6. The number of carbonyl (C=O) groups is 3. The van der Waals surface area contributed by atoms with Gasteiger partial charge in [-0.05, 0) is 37.6 Å². The van der Waals surface area contributed by atoms with Crippen LogP contribution >= 0.6 is 0 Å².